The molecule has 1 aliphatic carbocycles. The summed E-state index contributed by atoms with van der Waals surface area (Å²) in [5, 5.41) is 11.6. The number of ether oxygens (including phenoxy) is 1. The summed E-state index contributed by atoms with van der Waals surface area (Å²) < 4.78 is 5.36. The first-order chi connectivity index (χ1) is 10.2. The van der Waals surface area contributed by atoms with E-state index in [0.717, 1.165) is 24.8 Å². The molecule has 1 aliphatic rings. The number of carbonyl (C=O) groups excluding carboxylic acids is 1. The van der Waals surface area contributed by atoms with Gasteiger partial charge >= 0.3 is 0 Å². The van der Waals surface area contributed by atoms with Gasteiger partial charge in [-0.05, 0) is 31.4 Å². The van der Waals surface area contributed by atoms with Crippen LogP contribution in [0.5, 0.6) is 0 Å². The summed E-state index contributed by atoms with van der Waals surface area (Å²) in [6.07, 6.45) is 5.08. The van der Waals surface area contributed by atoms with Gasteiger partial charge in [0, 0.05) is 25.3 Å². The summed E-state index contributed by atoms with van der Waals surface area (Å²) in [5.41, 5.74) is 1.11. The number of amides is 1. The van der Waals surface area contributed by atoms with Gasteiger partial charge in [-0.1, -0.05) is 11.8 Å². The number of carbonyl (C=O) groups is 1. The molecule has 0 saturated heterocycles. The first-order valence-corrected chi connectivity index (χ1v) is 7.14. The van der Waals surface area contributed by atoms with Crippen molar-refractivity contribution in [1.29, 1.82) is 0 Å². The largest absolute Gasteiger partial charge is 0.395 e. The highest BCUT2D eigenvalue weighted by Gasteiger charge is 2.28. The maximum absolute atomic E-state index is 12.1. The number of hydrogen-bond acceptors (Lipinski definition) is 4. The van der Waals surface area contributed by atoms with E-state index in [1.54, 1.807) is 25.4 Å². The normalized spacial score (nSPS) is 20.7. The van der Waals surface area contributed by atoms with E-state index >= 15 is 0 Å². The topological polar surface area (TPSA) is 71.5 Å². The highest BCUT2D eigenvalue weighted by Crippen LogP contribution is 2.21. The van der Waals surface area contributed by atoms with Crippen LogP contribution in [0.2, 0.25) is 0 Å². The molecule has 1 saturated carbocycles. The molecule has 5 heteroatoms. The predicted octanol–water partition coefficient (Wildman–Crippen LogP) is 1.11. The van der Waals surface area contributed by atoms with Crippen LogP contribution in [0.3, 0.4) is 0 Å². The maximum Gasteiger partial charge on any atom is 0.270 e. The lowest BCUT2D eigenvalue weighted by molar-refractivity contribution is 0.0719. The molecular formula is C16H20N2O3. The second-order valence-electron chi connectivity index (χ2n) is 4.99. The summed E-state index contributed by atoms with van der Waals surface area (Å²) in [6.45, 7) is 0.0446. The Morgan fingerprint density at radius 3 is 3.05 bits per heavy atom. The van der Waals surface area contributed by atoms with Crippen molar-refractivity contribution in [2.24, 2.45) is 0 Å². The number of hydrogen-bond donors (Lipinski definition) is 2. The fourth-order valence-corrected chi connectivity index (χ4v) is 2.44. The van der Waals surface area contributed by atoms with Crippen LogP contribution in [0.15, 0.2) is 18.3 Å². The summed E-state index contributed by atoms with van der Waals surface area (Å²) >= 11 is 0. The van der Waals surface area contributed by atoms with Gasteiger partial charge in [0.15, 0.2) is 0 Å². The second kappa shape index (κ2) is 7.77. The minimum absolute atomic E-state index is 0.0446. The molecule has 2 rings (SSSR count). The van der Waals surface area contributed by atoms with Crippen LogP contribution in [0.25, 0.3) is 0 Å². The number of aliphatic hydroxyl groups is 1. The Labute approximate surface area is 124 Å². The fourth-order valence-electron chi connectivity index (χ4n) is 2.44. The number of nitrogens with one attached hydrogen (secondary N) is 1. The van der Waals surface area contributed by atoms with Crippen LogP contribution in [-0.4, -0.2) is 41.9 Å². The minimum atomic E-state index is -0.182. The van der Waals surface area contributed by atoms with E-state index in [0.29, 0.717) is 12.1 Å². The summed E-state index contributed by atoms with van der Waals surface area (Å²) in [7, 11) is 1.67. The zero-order chi connectivity index (χ0) is 15.1. The van der Waals surface area contributed by atoms with Gasteiger partial charge in [0.2, 0.25) is 0 Å². The molecule has 5 nitrogen and oxygen atoms in total. The SMILES string of the molecule is COC1CCCC1NC(=O)c1ccc(C#CCCO)cn1. The smallest absolute Gasteiger partial charge is 0.270 e. The highest BCUT2D eigenvalue weighted by molar-refractivity contribution is 5.92. The standard InChI is InChI=1S/C16H20N2O3/c1-21-15-7-4-6-13(15)18-16(20)14-9-8-12(11-17-14)5-2-3-10-19/h8-9,11,13,15,19H,3-4,6-7,10H2,1H3,(H,18,20). The van der Waals surface area contributed by atoms with Gasteiger partial charge in [-0.25, -0.2) is 4.98 Å². The van der Waals surface area contributed by atoms with Gasteiger partial charge in [-0.2, -0.15) is 0 Å². The lowest BCUT2D eigenvalue weighted by Crippen LogP contribution is -2.41. The van der Waals surface area contributed by atoms with Gasteiger partial charge in [0.25, 0.3) is 5.91 Å². The fraction of sp³-hybridized carbons (Fsp3) is 0.500. The van der Waals surface area contributed by atoms with Crippen molar-refractivity contribution < 1.29 is 14.6 Å². The third-order valence-electron chi connectivity index (χ3n) is 3.54. The van der Waals surface area contributed by atoms with Crippen molar-refractivity contribution in [2.75, 3.05) is 13.7 Å². The Balaban J connectivity index is 1.95. The molecule has 1 heterocycles. The molecule has 21 heavy (non-hydrogen) atoms. The van der Waals surface area contributed by atoms with Gasteiger partial charge in [-0.15, -0.1) is 0 Å². The van der Waals surface area contributed by atoms with Crippen LogP contribution < -0.4 is 5.32 Å². The van der Waals surface area contributed by atoms with E-state index in [9.17, 15) is 4.79 Å². The van der Waals surface area contributed by atoms with E-state index in [2.05, 4.69) is 22.1 Å². The van der Waals surface area contributed by atoms with Gasteiger partial charge in [0.1, 0.15) is 5.69 Å². The third-order valence-corrected chi connectivity index (χ3v) is 3.54. The van der Waals surface area contributed by atoms with Crippen molar-refractivity contribution in [1.82, 2.24) is 10.3 Å². The minimum Gasteiger partial charge on any atom is -0.395 e. The maximum atomic E-state index is 12.1. The molecule has 0 spiro atoms. The molecule has 2 atom stereocenters. The Bertz CT molecular complexity index is 531. The first kappa shape index (κ1) is 15.5. The van der Waals surface area contributed by atoms with Crippen LogP contribution in [0.1, 0.15) is 41.7 Å². The Morgan fingerprint density at radius 2 is 2.38 bits per heavy atom. The van der Waals surface area contributed by atoms with Crippen molar-refractivity contribution in [3.63, 3.8) is 0 Å². The number of nitrogens with zero attached hydrogens (tertiary/aromatic N) is 1. The summed E-state index contributed by atoms with van der Waals surface area (Å²) in [4.78, 5) is 16.3. The molecule has 1 aromatic heterocycles. The van der Waals surface area contributed by atoms with E-state index < -0.39 is 0 Å². The van der Waals surface area contributed by atoms with Crippen molar-refractivity contribution >= 4 is 5.91 Å². The van der Waals surface area contributed by atoms with Gasteiger partial charge in [-0.3, -0.25) is 4.79 Å². The molecule has 0 aromatic carbocycles. The molecule has 0 radical (unpaired) electrons. The number of pyridine rings is 1. The molecule has 1 amide bonds. The first-order valence-electron chi connectivity index (χ1n) is 7.14. The molecule has 1 aromatic rings. The molecule has 2 unspecified atom stereocenters. The van der Waals surface area contributed by atoms with Crippen LogP contribution in [0.4, 0.5) is 0 Å². The number of aromatic nitrogens is 1. The highest BCUT2D eigenvalue weighted by atomic mass is 16.5. The molecule has 1 fully saturated rings. The number of aliphatic hydroxyl groups excluding tert-OH is 1. The van der Waals surface area contributed by atoms with E-state index in [-0.39, 0.29) is 24.7 Å². The van der Waals surface area contributed by atoms with Crippen molar-refractivity contribution in [2.45, 2.75) is 37.8 Å². The van der Waals surface area contributed by atoms with E-state index in [1.165, 1.54) is 0 Å². The monoisotopic (exact) mass is 288 g/mol. The zero-order valence-corrected chi connectivity index (χ0v) is 12.1. The molecular weight excluding hydrogens is 268 g/mol. The zero-order valence-electron chi connectivity index (χ0n) is 12.1. The Hall–Kier alpha value is -1.90. The van der Waals surface area contributed by atoms with Gasteiger partial charge < -0.3 is 15.2 Å². The Morgan fingerprint density at radius 1 is 1.52 bits per heavy atom. The lowest BCUT2D eigenvalue weighted by Gasteiger charge is -2.19. The Kier molecular flexibility index (Phi) is 5.73. The van der Waals surface area contributed by atoms with Gasteiger partial charge in [0.05, 0.1) is 18.8 Å². The summed E-state index contributed by atoms with van der Waals surface area (Å²) in [5.74, 6) is 5.51. The summed E-state index contributed by atoms with van der Waals surface area (Å²) in [6, 6.07) is 3.48. The second-order valence-corrected chi connectivity index (χ2v) is 4.99. The van der Waals surface area contributed by atoms with E-state index in [1.807, 2.05) is 0 Å². The molecule has 112 valence electrons. The van der Waals surface area contributed by atoms with Crippen molar-refractivity contribution in [3.05, 3.63) is 29.6 Å². The molecule has 0 aliphatic heterocycles. The van der Waals surface area contributed by atoms with E-state index in [4.69, 9.17) is 9.84 Å². The van der Waals surface area contributed by atoms with Crippen LogP contribution in [0, 0.1) is 11.8 Å². The molecule has 0 bridgehead atoms. The molecule has 2 N–H and O–H groups in total. The number of rotatable bonds is 4. The average Bonchev–Trinajstić information content (AvgIpc) is 2.95. The van der Waals surface area contributed by atoms with Crippen molar-refractivity contribution in [3.8, 4) is 11.8 Å². The van der Waals surface area contributed by atoms with Crippen LogP contribution >= 0.6 is 0 Å². The predicted molar refractivity (Wildman–Crippen MR) is 78.7 cm³/mol. The quantitative estimate of drug-likeness (QED) is 0.814. The lowest BCUT2D eigenvalue weighted by atomic mass is 10.2. The van der Waals surface area contributed by atoms with Crippen LogP contribution in [-0.2, 0) is 4.74 Å². The number of methoxy groups -OCH3 is 1. The third kappa shape index (κ3) is 4.28. The average molecular weight is 288 g/mol.